The largest absolute Gasteiger partial charge is 0.493 e. The van der Waals surface area contributed by atoms with E-state index in [0.717, 1.165) is 14.8 Å². The van der Waals surface area contributed by atoms with Gasteiger partial charge in [-0.2, -0.15) is 0 Å². The van der Waals surface area contributed by atoms with Crippen LogP contribution in [0.2, 0.25) is 0 Å². The molecule has 27 heavy (non-hydrogen) atoms. The molecule has 0 fully saturated rings. The third-order valence-corrected chi connectivity index (χ3v) is 4.97. The first kappa shape index (κ1) is 19.5. The van der Waals surface area contributed by atoms with Crippen LogP contribution >= 0.6 is 22.6 Å². The van der Waals surface area contributed by atoms with E-state index in [9.17, 15) is 4.39 Å². The van der Waals surface area contributed by atoms with E-state index in [1.807, 2.05) is 12.1 Å². The summed E-state index contributed by atoms with van der Waals surface area (Å²) in [7, 11) is 1.61. The highest BCUT2D eigenvalue weighted by Crippen LogP contribution is 2.35. The fraction of sp³-hybridized carbons (Fsp3) is 0.182. The van der Waals surface area contributed by atoms with Crippen molar-refractivity contribution in [3.05, 3.63) is 86.7 Å². The third-order valence-electron chi connectivity index (χ3n) is 4.17. The molecule has 0 saturated heterocycles. The SMILES string of the molecule is COc1cc(CNc2ccc(C)cc2)cc(I)c1OCc1ccccc1F. The molecule has 0 aliphatic rings. The van der Waals surface area contributed by atoms with Crippen molar-refractivity contribution in [3.8, 4) is 11.5 Å². The Kier molecular flexibility index (Phi) is 6.55. The summed E-state index contributed by atoms with van der Waals surface area (Å²) >= 11 is 2.22. The van der Waals surface area contributed by atoms with Crippen LogP contribution in [0.25, 0.3) is 0 Å². The van der Waals surface area contributed by atoms with Gasteiger partial charge in [-0.25, -0.2) is 4.39 Å². The predicted octanol–water partition coefficient (Wildman–Crippen LogP) is 5.94. The standard InChI is InChI=1S/C22H21FINO2/c1-15-7-9-18(10-8-15)25-13-16-11-20(24)22(21(12-16)26-2)27-14-17-5-3-4-6-19(17)23/h3-12,25H,13-14H2,1-2H3. The number of rotatable bonds is 7. The zero-order valence-electron chi connectivity index (χ0n) is 15.3. The molecule has 0 saturated carbocycles. The Morgan fingerprint density at radius 1 is 1.04 bits per heavy atom. The van der Waals surface area contributed by atoms with Crippen molar-refractivity contribution >= 4 is 28.3 Å². The molecule has 3 aromatic rings. The molecular formula is C22H21FINO2. The third kappa shape index (κ3) is 5.13. The molecule has 0 atom stereocenters. The lowest BCUT2D eigenvalue weighted by molar-refractivity contribution is 0.277. The summed E-state index contributed by atoms with van der Waals surface area (Å²) in [6, 6.07) is 18.9. The Morgan fingerprint density at radius 3 is 2.48 bits per heavy atom. The maximum Gasteiger partial charge on any atom is 0.174 e. The molecule has 0 aliphatic carbocycles. The highest BCUT2D eigenvalue weighted by molar-refractivity contribution is 14.1. The Morgan fingerprint density at radius 2 is 1.78 bits per heavy atom. The van der Waals surface area contributed by atoms with E-state index in [0.29, 0.717) is 23.6 Å². The van der Waals surface area contributed by atoms with Crippen LogP contribution in [0.5, 0.6) is 11.5 Å². The fourth-order valence-electron chi connectivity index (χ4n) is 2.66. The number of hydrogen-bond acceptors (Lipinski definition) is 3. The average molecular weight is 477 g/mol. The zero-order chi connectivity index (χ0) is 19.2. The number of benzene rings is 3. The summed E-state index contributed by atoms with van der Waals surface area (Å²) in [4.78, 5) is 0. The number of aryl methyl sites for hydroxylation is 1. The van der Waals surface area contributed by atoms with Gasteiger partial charge in [0.1, 0.15) is 12.4 Å². The quantitative estimate of drug-likeness (QED) is 0.428. The molecular weight excluding hydrogens is 456 g/mol. The van der Waals surface area contributed by atoms with E-state index in [1.54, 1.807) is 25.3 Å². The first-order valence-corrected chi connectivity index (χ1v) is 9.68. The molecule has 0 amide bonds. The minimum absolute atomic E-state index is 0.153. The van der Waals surface area contributed by atoms with Gasteiger partial charge in [0.2, 0.25) is 0 Å². The highest BCUT2D eigenvalue weighted by Gasteiger charge is 2.13. The van der Waals surface area contributed by atoms with E-state index >= 15 is 0 Å². The van der Waals surface area contributed by atoms with E-state index < -0.39 is 0 Å². The number of nitrogens with one attached hydrogen (secondary N) is 1. The van der Waals surface area contributed by atoms with Crippen LogP contribution in [0, 0.1) is 16.3 Å². The summed E-state index contributed by atoms with van der Waals surface area (Å²) < 4.78 is 26.1. The van der Waals surface area contributed by atoms with Crippen molar-refractivity contribution in [3.63, 3.8) is 0 Å². The molecule has 140 valence electrons. The molecule has 3 rings (SSSR count). The van der Waals surface area contributed by atoms with Gasteiger partial charge in [0.05, 0.1) is 10.7 Å². The Hall–Kier alpha value is -2.28. The summed E-state index contributed by atoms with van der Waals surface area (Å²) in [5, 5.41) is 3.40. The van der Waals surface area contributed by atoms with Gasteiger partial charge in [-0.05, 0) is 65.4 Å². The van der Waals surface area contributed by atoms with E-state index in [4.69, 9.17) is 9.47 Å². The second-order valence-electron chi connectivity index (χ2n) is 6.21. The normalized spacial score (nSPS) is 10.5. The number of anilines is 1. The summed E-state index contributed by atoms with van der Waals surface area (Å²) in [6.07, 6.45) is 0. The van der Waals surface area contributed by atoms with Gasteiger partial charge in [-0.3, -0.25) is 0 Å². The Balaban J connectivity index is 1.72. The zero-order valence-corrected chi connectivity index (χ0v) is 17.4. The van der Waals surface area contributed by atoms with E-state index in [1.165, 1.54) is 11.6 Å². The maximum absolute atomic E-state index is 13.8. The average Bonchev–Trinajstić information content (AvgIpc) is 2.67. The number of halogens is 2. The lowest BCUT2D eigenvalue weighted by Gasteiger charge is -2.15. The molecule has 0 bridgehead atoms. The first-order valence-electron chi connectivity index (χ1n) is 8.60. The molecule has 0 spiro atoms. The molecule has 3 nitrogen and oxygen atoms in total. The molecule has 3 aromatic carbocycles. The second kappa shape index (κ2) is 9.08. The van der Waals surface area contributed by atoms with Gasteiger partial charge in [0.25, 0.3) is 0 Å². The molecule has 1 N–H and O–H groups in total. The van der Waals surface area contributed by atoms with Crippen LogP contribution in [-0.2, 0) is 13.2 Å². The molecule has 5 heteroatoms. The lowest BCUT2D eigenvalue weighted by Crippen LogP contribution is -2.04. The minimum atomic E-state index is -0.273. The van der Waals surface area contributed by atoms with Crippen molar-refractivity contribution in [2.24, 2.45) is 0 Å². The van der Waals surface area contributed by atoms with Gasteiger partial charge < -0.3 is 14.8 Å². The van der Waals surface area contributed by atoms with Gasteiger partial charge in [0, 0.05) is 17.8 Å². The van der Waals surface area contributed by atoms with Gasteiger partial charge in [0.15, 0.2) is 11.5 Å². The lowest BCUT2D eigenvalue weighted by atomic mass is 10.1. The number of methoxy groups -OCH3 is 1. The molecule has 0 heterocycles. The summed E-state index contributed by atoms with van der Waals surface area (Å²) in [5.74, 6) is 0.991. The first-order chi connectivity index (χ1) is 13.1. The van der Waals surface area contributed by atoms with Crippen LogP contribution < -0.4 is 14.8 Å². The van der Waals surface area contributed by atoms with E-state index in [2.05, 4.69) is 59.1 Å². The number of ether oxygens (including phenoxy) is 2. The fourth-order valence-corrected chi connectivity index (χ4v) is 3.48. The molecule has 0 aliphatic heterocycles. The van der Waals surface area contributed by atoms with Crippen molar-refractivity contribution in [1.82, 2.24) is 0 Å². The van der Waals surface area contributed by atoms with Crippen LogP contribution in [0.1, 0.15) is 16.7 Å². The predicted molar refractivity (Wildman–Crippen MR) is 115 cm³/mol. The van der Waals surface area contributed by atoms with Gasteiger partial charge in [-0.1, -0.05) is 35.9 Å². The topological polar surface area (TPSA) is 30.5 Å². The monoisotopic (exact) mass is 477 g/mol. The molecule has 0 unspecified atom stereocenters. The Bertz CT molecular complexity index is 913. The van der Waals surface area contributed by atoms with Crippen molar-refractivity contribution in [2.45, 2.75) is 20.1 Å². The van der Waals surface area contributed by atoms with Crippen molar-refractivity contribution in [1.29, 1.82) is 0 Å². The molecule has 0 radical (unpaired) electrons. The Labute approximate surface area is 172 Å². The van der Waals surface area contributed by atoms with Crippen molar-refractivity contribution < 1.29 is 13.9 Å². The van der Waals surface area contributed by atoms with Gasteiger partial charge >= 0.3 is 0 Å². The number of hydrogen-bond donors (Lipinski definition) is 1. The highest BCUT2D eigenvalue weighted by atomic mass is 127. The smallest absolute Gasteiger partial charge is 0.174 e. The van der Waals surface area contributed by atoms with Crippen LogP contribution in [0.3, 0.4) is 0 Å². The second-order valence-corrected chi connectivity index (χ2v) is 7.37. The summed E-state index contributed by atoms with van der Waals surface area (Å²) in [5.41, 5.74) is 3.89. The van der Waals surface area contributed by atoms with Crippen LogP contribution in [-0.4, -0.2) is 7.11 Å². The van der Waals surface area contributed by atoms with Crippen LogP contribution in [0.4, 0.5) is 10.1 Å². The maximum atomic E-state index is 13.8. The van der Waals surface area contributed by atoms with Crippen molar-refractivity contribution in [2.75, 3.05) is 12.4 Å². The minimum Gasteiger partial charge on any atom is -0.493 e. The van der Waals surface area contributed by atoms with Gasteiger partial charge in [-0.15, -0.1) is 0 Å². The van der Waals surface area contributed by atoms with E-state index in [-0.39, 0.29) is 12.4 Å². The van der Waals surface area contributed by atoms with Crippen LogP contribution in [0.15, 0.2) is 60.7 Å². The molecule has 0 aromatic heterocycles. The summed E-state index contributed by atoms with van der Waals surface area (Å²) in [6.45, 7) is 2.89.